The van der Waals surface area contributed by atoms with Crippen LogP contribution in [0.1, 0.15) is 97.7 Å². The lowest BCUT2D eigenvalue weighted by molar-refractivity contribution is 0.228. The molecule has 0 saturated heterocycles. The molecule has 0 spiro atoms. The van der Waals surface area contributed by atoms with Gasteiger partial charge in [-0.3, -0.25) is 4.57 Å². The lowest BCUT2D eigenvalue weighted by Crippen LogP contribution is -2.22. The Kier molecular flexibility index (Phi) is 9.57. The van der Waals surface area contributed by atoms with Gasteiger partial charge in [0.05, 0.1) is 28.1 Å². The molecule has 0 aliphatic heterocycles. The van der Waals surface area contributed by atoms with Crippen LogP contribution in [0.5, 0.6) is 11.5 Å². The van der Waals surface area contributed by atoms with E-state index < -0.39 is 0 Å². The number of fused-ring (bicyclic) bond motifs is 3. The second-order valence-electron chi connectivity index (χ2n) is 16.7. The van der Waals surface area contributed by atoms with Crippen molar-refractivity contribution in [3.05, 3.63) is 132 Å². The fraction of sp³-hybridized carbons (Fsp3) is 0.333. The maximum absolute atomic E-state index is 6.69. The second kappa shape index (κ2) is 14.0. The molecule has 7 rings (SSSR count). The monoisotopic (exact) mass is 702 g/mol. The molecule has 7 aromatic rings. The molecule has 3 aromatic heterocycles. The number of hydrogen-bond donors (Lipinski definition) is 0. The molecule has 0 radical (unpaired) electrons. The summed E-state index contributed by atoms with van der Waals surface area (Å²) < 4.78 is 11.1. The first-order chi connectivity index (χ1) is 25.3. The van der Waals surface area contributed by atoms with Crippen molar-refractivity contribution in [3.63, 3.8) is 0 Å². The van der Waals surface area contributed by atoms with E-state index in [0.717, 1.165) is 52.6 Å². The fourth-order valence-electron chi connectivity index (χ4n) is 7.70. The Balaban J connectivity index is 1.33. The highest BCUT2D eigenvalue weighted by molar-refractivity contribution is 6.09. The molecule has 2 unspecified atom stereocenters. The van der Waals surface area contributed by atoms with Crippen molar-refractivity contribution in [1.29, 1.82) is 0 Å². The SMILES string of the molecule is CCc1nn(-c2cccc(Oc3ccc4c5cc(C(C)C(C)C(C)(C)C)ccc5n(-c5cc(C(C)(C)C)ccn5)c4c3)c2)c(CC)c1-c1ccccc1. The molecule has 0 aliphatic rings. The van der Waals surface area contributed by atoms with Crippen LogP contribution in [0.3, 0.4) is 0 Å². The van der Waals surface area contributed by atoms with E-state index >= 15 is 0 Å². The van der Waals surface area contributed by atoms with Gasteiger partial charge in [-0.15, -0.1) is 0 Å². The predicted molar refractivity (Wildman–Crippen MR) is 222 cm³/mol. The van der Waals surface area contributed by atoms with Gasteiger partial charge >= 0.3 is 0 Å². The molecule has 5 heteroatoms. The minimum absolute atomic E-state index is 0.00654. The van der Waals surface area contributed by atoms with Crippen LogP contribution in [-0.2, 0) is 18.3 Å². The summed E-state index contributed by atoms with van der Waals surface area (Å²) in [6.45, 7) is 22.9. The van der Waals surface area contributed by atoms with Gasteiger partial charge in [-0.25, -0.2) is 9.67 Å². The fourth-order valence-corrected chi connectivity index (χ4v) is 7.70. The number of rotatable bonds is 9. The zero-order valence-corrected chi connectivity index (χ0v) is 33.2. The quantitative estimate of drug-likeness (QED) is 0.150. The summed E-state index contributed by atoms with van der Waals surface area (Å²) in [5.74, 6) is 3.38. The first-order valence-electron chi connectivity index (χ1n) is 19.3. The van der Waals surface area contributed by atoms with Crippen LogP contribution in [0.4, 0.5) is 0 Å². The molecule has 0 amide bonds. The summed E-state index contributed by atoms with van der Waals surface area (Å²) in [6.07, 6.45) is 3.66. The highest BCUT2D eigenvalue weighted by atomic mass is 16.5. The van der Waals surface area contributed by atoms with Crippen LogP contribution < -0.4 is 4.74 Å². The third-order valence-corrected chi connectivity index (χ3v) is 11.3. The van der Waals surface area contributed by atoms with Crippen LogP contribution in [0, 0.1) is 11.3 Å². The third kappa shape index (κ3) is 6.90. The summed E-state index contributed by atoms with van der Waals surface area (Å²) >= 11 is 0. The largest absolute Gasteiger partial charge is 0.457 e. The van der Waals surface area contributed by atoms with Crippen molar-refractivity contribution < 1.29 is 4.74 Å². The minimum Gasteiger partial charge on any atom is -0.457 e. The number of hydrogen-bond acceptors (Lipinski definition) is 3. The molecule has 53 heavy (non-hydrogen) atoms. The number of benzene rings is 4. The van der Waals surface area contributed by atoms with Crippen LogP contribution in [0.25, 0.3) is 44.4 Å². The minimum atomic E-state index is -0.00654. The molecule has 0 bridgehead atoms. The third-order valence-electron chi connectivity index (χ3n) is 11.3. The van der Waals surface area contributed by atoms with E-state index in [2.05, 4.69) is 176 Å². The molecule has 3 heterocycles. The van der Waals surface area contributed by atoms with Gasteiger partial charge in [0.1, 0.15) is 17.3 Å². The number of pyridine rings is 1. The van der Waals surface area contributed by atoms with E-state index in [1.165, 1.54) is 38.7 Å². The lowest BCUT2D eigenvalue weighted by atomic mass is 9.72. The molecular formula is C48H54N4O. The van der Waals surface area contributed by atoms with Crippen molar-refractivity contribution in [1.82, 2.24) is 19.3 Å². The molecule has 4 aromatic carbocycles. The van der Waals surface area contributed by atoms with Gasteiger partial charge in [0, 0.05) is 34.7 Å². The average Bonchev–Trinajstić information content (AvgIpc) is 3.69. The summed E-state index contributed by atoms with van der Waals surface area (Å²) in [7, 11) is 0. The van der Waals surface area contributed by atoms with Crippen molar-refractivity contribution in [2.75, 3.05) is 0 Å². The topological polar surface area (TPSA) is 44.9 Å². The molecule has 0 aliphatic carbocycles. The zero-order valence-electron chi connectivity index (χ0n) is 33.2. The van der Waals surface area contributed by atoms with Gasteiger partial charge < -0.3 is 4.74 Å². The van der Waals surface area contributed by atoms with E-state index in [-0.39, 0.29) is 10.8 Å². The van der Waals surface area contributed by atoms with Gasteiger partial charge in [0.2, 0.25) is 0 Å². The number of nitrogens with zero attached hydrogens (tertiary/aromatic N) is 4. The molecule has 2 atom stereocenters. The van der Waals surface area contributed by atoms with E-state index in [0.29, 0.717) is 11.8 Å². The Bertz CT molecular complexity index is 2400. The predicted octanol–water partition coefficient (Wildman–Crippen LogP) is 13.0. The van der Waals surface area contributed by atoms with E-state index in [1.54, 1.807) is 0 Å². The van der Waals surface area contributed by atoms with Crippen molar-refractivity contribution in [3.8, 4) is 34.1 Å². The van der Waals surface area contributed by atoms with Gasteiger partial charge in [0.15, 0.2) is 0 Å². The molecular weight excluding hydrogens is 649 g/mol. The van der Waals surface area contributed by atoms with Gasteiger partial charge in [-0.05, 0) is 101 Å². The maximum Gasteiger partial charge on any atom is 0.137 e. The van der Waals surface area contributed by atoms with Crippen molar-refractivity contribution in [2.45, 2.75) is 93.4 Å². The zero-order chi connectivity index (χ0) is 37.7. The molecule has 0 fully saturated rings. The standard InChI is InChI=1S/C48H54N4O/c1-11-41-46(33-17-14-13-15-18-33)42(12-2)52(50-41)36-19-16-20-37(29-36)53-38-22-23-39-40-27-34(31(3)32(4)47(5,6)7)21-24-43(40)51(44(39)30-38)45-28-35(25-26-49-45)48(8,9)10/h13-32H,11-12H2,1-10H3. The summed E-state index contributed by atoms with van der Waals surface area (Å²) in [5.41, 5.74) is 10.8. The van der Waals surface area contributed by atoms with Crippen molar-refractivity contribution in [2.24, 2.45) is 11.3 Å². The van der Waals surface area contributed by atoms with E-state index in [9.17, 15) is 0 Å². The Morgan fingerprint density at radius 2 is 1.45 bits per heavy atom. The number of ether oxygens (including phenoxy) is 1. The highest BCUT2D eigenvalue weighted by Gasteiger charge is 2.27. The van der Waals surface area contributed by atoms with E-state index in [1.807, 2.05) is 12.3 Å². The Morgan fingerprint density at radius 3 is 2.15 bits per heavy atom. The van der Waals surface area contributed by atoms with Gasteiger partial charge in [0.25, 0.3) is 0 Å². The Morgan fingerprint density at radius 1 is 0.698 bits per heavy atom. The first kappa shape index (κ1) is 36.2. The number of aryl methyl sites for hydroxylation is 1. The highest BCUT2D eigenvalue weighted by Crippen LogP contribution is 2.41. The molecule has 0 saturated carbocycles. The van der Waals surface area contributed by atoms with Crippen LogP contribution in [0.2, 0.25) is 0 Å². The Labute approximate surface area is 315 Å². The Hall–Kier alpha value is -5.16. The number of aromatic nitrogens is 4. The lowest BCUT2D eigenvalue weighted by Gasteiger charge is -2.32. The van der Waals surface area contributed by atoms with Crippen LogP contribution in [-0.4, -0.2) is 19.3 Å². The normalized spacial score (nSPS) is 13.5. The first-order valence-corrected chi connectivity index (χ1v) is 19.3. The van der Waals surface area contributed by atoms with Crippen molar-refractivity contribution >= 4 is 21.8 Å². The van der Waals surface area contributed by atoms with E-state index in [4.69, 9.17) is 14.8 Å². The second-order valence-corrected chi connectivity index (χ2v) is 16.7. The van der Waals surface area contributed by atoms with Crippen LogP contribution in [0.15, 0.2) is 109 Å². The smallest absolute Gasteiger partial charge is 0.137 e. The summed E-state index contributed by atoms with van der Waals surface area (Å²) in [6, 6.07) is 36.7. The van der Waals surface area contributed by atoms with Crippen LogP contribution >= 0.6 is 0 Å². The maximum atomic E-state index is 6.69. The molecule has 5 nitrogen and oxygen atoms in total. The van der Waals surface area contributed by atoms with Gasteiger partial charge in [-0.2, -0.15) is 5.10 Å². The average molecular weight is 703 g/mol. The molecule has 0 N–H and O–H groups in total. The van der Waals surface area contributed by atoms with Gasteiger partial charge in [-0.1, -0.05) is 112 Å². The summed E-state index contributed by atoms with van der Waals surface area (Å²) in [4.78, 5) is 4.94. The summed E-state index contributed by atoms with van der Waals surface area (Å²) in [5, 5.41) is 7.54. The molecule has 272 valence electrons.